The molecule has 1 unspecified atom stereocenters. The number of halogens is 3. The van der Waals surface area contributed by atoms with Crippen molar-refractivity contribution >= 4 is 21.1 Å². The first kappa shape index (κ1) is 21.1. The van der Waals surface area contributed by atoms with Crippen molar-refractivity contribution in [1.82, 2.24) is 19.3 Å². The highest BCUT2D eigenvalue weighted by Gasteiger charge is 2.31. The van der Waals surface area contributed by atoms with E-state index in [4.69, 9.17) is 4.74 Å². The summed E-state index contributed by atoms with van der Waals surface area (Å²) in [7, 11) is -2.51. The molecule has 0 aliphatic carbocycles. The lowest BCUT2D eigenvalue weighted by Crippen LogP contribution is -2.29. The molecule has 7 nitrogen and oxygen atoms in total. The van der Waals surface area contributed by atoms with Crippen LogP contribution in [-0.2, 0) is 22.7 Å². The minimum Gasteiger partial charge on any atom is -0.481 e. The highest BCUT2D eigenvalue weighted by Crippen LogP contribution is 2.32. The number of methoxy groups -OCH3 is 1. The number of sulfonamides is 1. The smallest absolute Gasteiger partial charge is 0.416 e. The zero-order valence-electron chi connectivity index (χ0n) is 15.9. The molecule has 3 aromatic rings. The Morgan fingerprint density at radius 2 is 1.97 bits per heavy atom. The van der Waals surface area contributed by atoms with Gasteiger partial charge in [-0.3, -0.25) is 0 Å². The second-order valence-corrected chi connectivity index (χ2v) is 8.01. The number of hydrogen-bond acceptors (Lipinski definition) is 5. The summed E-state index contributed by atoms with van der Waals surface area (Å²) in [5.74, 6) is 0.581. The Labute approximate surface area is 165 Å². The summed E-state index contributed by atoms with van der Waals surface area (Å²) < 4.78 is 73.4. The van der Waals surface area contributed by atoms with Crippen LogP contribution >= 0.6 is 0 Å². The molecule has 2 aromatic heterocycles. The van der Waals surface area contributed by atoms with E-state index in [2.05, 4.69) is 14.7 Å². The van der Waals surface area contributed by atoms with Gasteiger partial charge in [0.05, 0.1) is 35.9 Å². The molecule has 1 atom stereocenters. The first-order valence-corrected chi connectivity index (χ1v) is 10.1. The van der Waals surface area contributed by atoms with Crippen molar-refractivity contribution in [2.75, 3.05) is 7.11 Å². The van der Waals surface area contributed by atoms with Crippen LogP contribution in [0.5, 0.6) is 5.88 Å². The van der Waals surface area contributed by atoms with Crippen molar-refractivity contribution in [1.29, 1.82) is 0 Å². The maximum absolute atomic E-state index is 13.0. The number of fused-ring (bicyclic) bond motifs is 1. The number of rotatable bonds is 6. The first-order valence-electron chi connectivity index (χ1n) is 8.66. The molecule has 0 bridgehead atoms. The average molecular weight is 428 g/mol. The van der Waals surface area contributed by atoms with Crippen LogP contribution < -0.4 is 9.46 Å². The van der Waals surface area contributed by atoms with Gasteiger partial charge in [0.1, 0.15) is 10.7 Å². The van der Waals surface area contributed by atoms with Gasteiger partial charge >= 0.3 is 6.18 Å². The molecule has 0 fully saturated rings. The molecular weight excluding hydrogens is 409 g/mol. The van der Waals surface area contributed by atoms with E-state index in [1.807, 2.05) is 0 Å². The number of alkyl halides is 3. The van der Waals surface area contributed by atoms with Gasteiger partial charge in [-0.1, -0.05) is 0 Å². The third-order valence-electron chi connectivity index (χ3n) is 4.37. The lowest BCUT2D eigenvalue weighted by Gasteiger charge is -2.16. The van der Waals surface area contributed by atoms with Gasteiger partial charge in [-0.2, -0.15) is 13.2 Å². The van der Waals surface area contributed by atoms with Gasteiger partial charge in [0.2, 0.25) is 15.9 Å². The van der Waals surface area contributed by atoms with Gasteiger partial charge < -0.3 is 9.30 Å². The van der Waals surface area contributed by atoms with Crippen molar-refractivity contribution < 1.29 is 26.3 Å². The summed E-state index contributed by atoms with van der Waals surface area (Å²) in [5, 5.41) is 0. The Hall–Kier alpha value is -2.66. The van der Waals surface area contributed by atoms with Crippen LogP contribution in [0.3, 0.4) is 0 Å². The number of ether oxygens (including phenoxy) is 1. The molecule has 1 N–H and O–H groups in total. The van der Waals surface area contributed by atoms with E-state index in [-0.39, 0.29) is 16.3 Å². The van der Waals surface area contributed by atoms with Crippen LogP contribution in [0.4, 0.5) is 13.2 Å². The molecule has 0 aliphatic heterocycles. The van der Waals surface area contributed by atoms with Crippen LogP contribution in [-0.4, -0.2) is 30.1 Å². The van der Waals surface area contributed by atoms with Gasteiger partial charge in [-0.15, -0.1) is 0 Å². The summed E-state index contributed by atoms with van der Waals surface area (Å²) in [4.78, 5) is 8.15. The first-order chi connectivity index (χ1) is 13.6. The maximum atomic E-state index is 13.0. The molecule has 0 aliphatic rings. The molecule has 29 heavy (non-hydrogen) atoms. The number of nitrogens with zero attached hydrogens (tertiary/aromatic N) is 3. The summed E-state index contributed by atoms with van der Waals surface area (Å²) in [6.07, 6.45) is -3.32. The molecule has 0 radical (unpaired) electrons. The molecule has 3 rings (SSSR count). The van der Waals surface area contributed by atoms with Crippen LogP contribution in [0.1, 0.15) is 31.3 Å². The Balaban J connectivity index is 1.96. The fourth-order valence-corrected chi connectivity index (χ4v) is 4.13. The Kier molecular flexibility index (Phi) is 5.54. The van der Waals surface area contributed by atoms with Crippen molar-refractivity contribution in [3.8, 4) is 5.88 Å². The Bertz CT molecular complexity index is 1130. The minimum absolute atomic E-state index is 0.0660. The van der Waals surface area contributed by atoms with E-state index in [9.17, 15) is 21.6 Å². The molecule has 0 saturated heterocycles. The second-order valence-electron chi connectivity index (χ2n) is 6.29. The van der Waals surface area contributed by atoms with E-state index < -0.39 is 27.8 Å². The minimum atomic E-state index is -4.48. The third kappa shape index (κ3) is 4.20. The number of benzene rings is 1. The summed E-state index contributed by atoms with van der Waals surface area (Å²) >= 11 is 0. The Morgan fingerprint density at radius 1 is 1.24 bits per heavy atom. The fourth-order valence-electron chi connectivity index (χ4n) is 2.98. The van der Waals surface area contributed by atoms with Crippen LogP contribution in [0.15, 0.2) is 41.4 Å². The zero-order valence-corrected chi connectivity index (χ0v) is 16.7. The van der Waals surface area contributed by atoms with Gasteiger partial charge in [0.15, 0.2) is 0 Å². The lowest BCUT2D eigenvalue weighted by molar-refractivity contribution is -0.137. The quantitative estimate of drug-likeness (QED) is 0.649. The number of hydrogen-bond donors (Lipinski definition) is 1. The number of nitrogens with one attached hydrogen (secondary N) is 1. The highest BCUT2D eigenvalue weighted by molar-refractivity contribution is 7.89. The predicted octanol–water partition coefficient (Wildman–Crippen LogP) is 3.52. The molecule has 1 aromatic carbocycles. The second kappa shape index (κ2) is 7.64. The molecule has 11 heteroatoms. The molecule has 0 amide bonds. The fraction of sp³-hybridized carbons (Fsp3) is 0.333. The monoisotopic (exact) mass is 428 g/mol. The van der Waals surface area contributed by atoms with Gasteiger partial charge in [0, 0.05) is 12.6 Å². The summed E-state index contributed by atoms with van der Waals surface area (Å²) in [6, 6.07) is 5.23. The van der Waals surface area contributed by atoms with Crippen molar-refractivity contribution in [2.45, 2.75) is 37.5 Å². The van der Waals surface area contributed by atoms with Gasteiger partial charge in [-0.05, 0) is 38.1 Å². The third-order valence-corrected chi connectivity index (χ3v) is 5.90. The van der Waals surface area contributed by atoms with Crippen molar-refractivity contribution in [2.24, 2.45) is 0 Å². The number of pyridine rings is 1. The molecule has 2 heterocycles. The van der Waals surface area contributed by atoms with E-state index in [1.54, 1.807) is 18.4 Å². The topological polar surface area (TPSA) is 86.1 Å². The number of aromatic nitrogens is 3. The maximum Gasteiger partial charge on any atom is 0.416 e. The Morgan fingerprint density at radius 3 is 2.52 bits per heavy atom. The van der Waals surface area contributed by atoms with E-state index in [0.717, 1.165) is 18.3 Å². The summed E-state index contributed by atoms with van der Waals surface area (Å²) in [6.45, 7) is 3.65. The molecular formula is C18H19F3N4O3S. The molecule has 0 saturated carbocycles. The largest absolute Gasteiger partial charge is 0.481 e. The normalized spacial score (nSPS) is 13.6. The molecule has 0 spiro atoms. The number of imidazole rings is 1. The SMILES string of the molecule is CCn1c(C(C)NS(=O)(=O)c2ccc(OC)nc2)nc2ccc(C(F)(F)F)cc21. The van der Waals surface area contributed by atoms with Crippen LogP contribution in [0.2, 0.25) is 0 Å². The predicted molar refractivity (Wildman–Crippen MR) is 99.9 cm³/mol. The van der Waals surface area contributed by atoms with E-state index in [0.29, 0.717) is 17.9 Å². The van der Waals surface area contributed by atoms with Gasteiger partial charge in [0.25, 0.3) is 0 Å². The van der Waals surface area contributed by atoms with Crippen molar-refractivity contribution in [3.63, 3.8) is 0 Å². The van der Waals surface area contributed by atoms with Crippen LogP contribution in [0.25, 0.3) is 11.0 Å². The van der Waals surface area contributed by atoms with Crippen molar-refractivity contribution in [3.05, 3.63) is 47.9 Å². The van der Waals surface area contributed by atoms with E-state index >= 15 is 0 Å². The number of aryl methyl sites for hydroxylation is 1. The lowest BCUT2D eigenvalue weighted by atomic mass is 10.2. The standard InChI is InChI=1S/C18H19F3N4O3S/c1-4-25-15-9-12(18(19,20)21)5-7-14(15)23-17(25)11(2)24-29(26,27)13-6-8-16(28-3)22-10-13/h5-11,24H,4H2,1-3H3. The van der Waals surface area contributed by atoms with Crippen LogP contribution in [0, 0.1) is 0 Å². The molecule has 156 valence electrons. The average Bonchev–Trinajstić information content (AvgIpc) is 3.05. The summed E-state index contributed by atoms with van der Waals surface area (Å²) in [5.41, 5.74) is -0.148. The highest BCUT2D eigenvalue weighted by atomic mass is 32.2. The van der Waals surface area contributed by atoms with E-state index in [1.165, 1.54) is 25.3 Å². The zero-order chi connectivity index (χ0) is 21.4. The van der Waals surface area contributed by atoms with Gasteiger partial charge in [-0.25, -0.2) is 23.1 Å².